The number of aliphatic hydroxyl groups excluding tert-OH is 1. The van der Waals surface area contributed by atoms with Crippen LogP contribution in [0.3, 0.4) is 0 Å². The summed E-state index contributed by atoms with van der Waals surface area (Å²) in [7, 11) is -2.90. The summed E-state index contributed by atoms with van der Waals surface area (Å²) >= 11 is 6.04. The van der Waals surface area contributed by atoms with Gasteiger partial charge in [-0.15, -0.1) is 0 Å². The van der Waals surface area contributed by atoms with Crippen molar-refractivity contribution >= 4 is 27.1 Å². The number of rotatable bonds is 2. The Bertz CT molecular complexity index is 530. The van der Waals surface area contributed by atoms with Gasteiger partial charge in [0.25, 0.3) is 0 Å². The topological polar surface area (TPSA) is 57.6 Å². The Labute approximate surface area is 112 Å². The third-order valence-corrected chi connectivity index (χ3v) is 5.19. The van der Waals surface area contributed by atoms with E-state index >= 15 is 0 Å². The summed E-state index contributed by atoms with van der Waals surface area (Å²) in [5.41, 5.74) is 1.59. The number of halogens is 1. The van der Waals surface area contributed by atoms with Crippen LogP contribution < -0.4 is 4.90 Å². The summed E-state index contributed by atoms with van der Waals surface area (Å²) in [5, 5.41) is 9.57. The number of nitrogens with zero attached hydrogens (tertiary/aromatic N) is 1. The molecule has 2 rings (SSSR count). The first-order valence-electron chi connectivity index (χ1n) is 5.86. The van der Waals surface area contributed by atoms with Crippen molar-refractivity contribution in [3.05, 3.63) is 28.8 Å². The maximum Gasteiger partial charge on any atom is 0.152 e. The predicted molar refractivity (Wildman–Crippen MR) is 72.9 cm³/mol. The molecule has 100 valence electrons. The van der Waals surface area contributed by atoms with Gasteiger partial charge in [-0.3, -0.25) is 0 Å². The molecule has 0 aliphatic carbocycles. The molecule has 1 aliphatic rings. The quantitative estimate of drug-likeness (QED) is 0.895. The van der Waals surface area contributed by atoms with Crippen molar-refractivity contribution in [2.75, 3.05) is 29.5 Å². The van der Waals surface area contributed by atoms with Gasteiger partial charge >= 0.3 is 0 Å². The Morgan fingerprint density at radius 2 is 2.06 bits per heavy atom. The molecule has 6 heteroatoms. The Morgan fingerprint density at radius 1 is 1.28 bits per heavy atom. The van der Waals surface area contributed by atoms with Crippen molar-refractivity contribution in [2.24, 2.45) is 0 Å². The molecule has 1 heterocycles. The first kappa shape index (κ1) is 13.6. The molecule has 1 fully saturated rings. The minimum absolute atomic E-state index is 0.0898. The molecule has 0 saturated carbocycles. The summed E-state index contributed by atoms with van der Waals surface area (Å²) in [5.74, 6) is 0.443. The lowest BCUT2D eigenvalue weighted by atomic mass is 10.2. The molecule has 0 unspecified atom stereocenters. The molecule has 1 saturated heterocycles. The van der Waals surface area contributed by atoms with Crippen LogP contribution in [0.4, 0.5) is 5.69 Å². The Kier molecular flexibility index (Phi) is 4.14. The van der Waals surface area contributed by atoms with Crippen LogP contribution >= 0.6 is 11.6 Å². The van der Waals surface area contributed by atoms with Crippen molar-refractivity contribution in [1.82, 2.24) is 0 Å². The largest absolute Gasteiger partial charge is 0.392 e. The molecule has 0 amide bonds. The Morgan fingerprint density at radius 3 is 2.72 bits per heavy atom. The Balaban J connectivity index is 2.19. The molecule has 0 spiro atoms. The minimum atomic E-state index is -2.90. The molecule has 1 aromatic carbocycles. The standard InChI is InChI=1S/C12H16ClNO3S/c13-12-8-11(3-2-10(12)9-15)14-4-1-6-18(16,17)7-5-14/h2-3,8,15H,1,4-7,9H2. The van der Waals surface area contributed by atoms with Crippen LogP contribution in [0.5, 0.6) is 0 Å². The van der Waals surface area contributed by atoms with Gasteiger partial charge in [0.15, 0.2) is 9.84 Å². The van der Waals surface area contributed by atoms with E-state index < -0.39 is 9.84 Å². The third kappa shape index (κ3) is 3.16. The number of anilines is 1. The van der Waals surface area contributed by atoms with E-state index in [4.69, 9.17) is 16.7 Å². The predicted octanol–water partition coefficient (Wildman–Crippen LogP) is 1.46. The van der Waals surface area contributed by atoms with Crippen molar-refractivity contribution in [3.8, 4) is 0 Å². The van der Waals surface area contributed by atoms with E-state index in [9.17, 15) is 8.42 Å². The fraction of sp³-hybridized carbons (Fsp3) is 0.500. The maximum atomic E-state index is 11.5. The monoisotopic (exact) mass is 289 g/mol. The molecule has 1 aromatic rings. The fourth-order valence-electron chi connectivity index (χ4n) is 2.06. The van der Waals surface area contributed by atoms with Crippen LogP contribution in [0.1, 0.15) is 12.0 Å². The van der Waals surface area contributed by atoms with Gasteiger partial charge in [-0.05, 0) is 24.1 Å². The molecule has 0 aromatic heterocycles. The van der Waals surface area contributed by atoms with Crippen LogP contribution in [-0.2, 0) is 16.4 Å². The van der Waals surface area contributed by atoms with Gasteiger partial charge in [0.2, 0.25) is 0 Å². The zero-order chi connectivity index (χ0) is 13.2. The highest BCUT2D eigenvalue weighted by Gasteiger charge is 2.19. The van der Waals surface area contributed by atoms with Crippen LogP contribution in [0.25, 0.3) is 0 Å². The van der Waals surface area contributed by atoms with Gasteiger partial charge in [-0.1, -0.05) is 17.7 Å². The van der Waals surface area contributed by atoms with Gasteiger partial charge in [0.05, 0.1) is 18.1 Å². The summed E-state index contributed by atoms with van der Waals surface area (Å²) in [6.07, 6.45) is 0.641. The number of sulfone groups is 1. The van der Waals surface area contributed by atoms with Crippen molar-refractivity contribution in [2.45, 2.75) is 13.0 Å². The van der Waals surface area contributed by atoms with E-state index in [0.29, 0.717) is 30.1 Å². The van der Waals surface area contributed by atoms with Gasteiger partial charge in [-0.25, -0.2) is 8.42 Å². The highest BCUT2D eigenvalue weighted by atomic mass is 35.5. The van der Waals surface area contributed by atoms with E-state index in [-0.39, 0.29) is 18.1 Å². The van der Waals surface area contributed by atoms with Gasteiger partial charge < -0.3 is 10.0 Å². The fourth-order valence-corrected chi connectivity index (χ4v) is 3.56. The maximum absolute atomic E-state index is 11.5. The smallest absolute Gasteiger partial charge is 0.152 e. The molecule has 18 heavy (non-hydrogen) atoms. The van der Waals surface area contributed by atoms with E-state index in [1.165, 1.54) is 0 Å². The molecule has 1 aliphatic heterocycles. The summed E-state index contributed by atoms with van der Waals surface area (Å²) < 4.78 is 23.1. The molecule has 0 radical (unpaired) electrons. The van der Waals surface area contributed by atoms with E-state index in [1.807, 2.05) is 11.0 Å². The molecule has 0 atom stereocenters. The number of hydrogen-bond acceptors (Lipinski definition) is 4. The molecule has 4 nitrogen and oxygen atoms in total. The molecule has 0 bridgehead atoms. The highest BCUT2D eigenvalue weighted by molar-refractivity contribution is 7.91. The van der Waals surface area contributed by atoms with E-state index in [0.717, 1.165) is 5.69 Å². The Hall–Kier alpha value is -0.780. The van der Waals surface area contributed by atoms with Crippen molar-refractivity contribution in [3.63, 3.8) is 0 Å². The lowest BCUT2D eigenvalue weighted by Crippen LogP contribution is -2.26. The average molecular weight is 290 g/mol. The second-order valence-corrected chi connectivity index (χ2v) is 7.14. The van der Waals surface area contributed by atoms with E-state index in [2.05, 4.69) is 0 Å². The summed E-state index contributed by atoms with van der Waals surface area (Å²) in [6, 6.07) is 5.43. The van der Waals surface area contributed by atoms with Crippen LogP contribution in [-0.4, -0.2) is 38.1 Å². The molecular formula is C12H16ClNO3S. The summed E-state index contributed by atoms with van der Waals surface area (Å²) in [4.78, 5) is 2.03. The van der Waals surface area contributed by atoms with Crippen molar-refractivity contribution in [1.29, 1.82) is 0 Å². The SMILES string of the molecule is O=S1(=O)CCCN(c2ccc(CO)c(Cl)c2)CC1. The zero-order valence-electron chi connectivity index (χ0n) is 9.97. The van der Waals surface area contributed by atoms with Gasteiger partial charge in [0.1, 0.15) is 0 Å². The van der Waals surface area contributed by atoms with Gasteiger partial charge in [0, 0.05) is 23.8 Å². The second-order valence-electron chi connectivity index (χ2n) is 4.43. The lowest BCUT2D eigenvalue weighted by molar-refractivity contribution is 0.282. The normalized spacial score (nSPS) is 19.6. The number of hydrogen-bond donors (Lipinski definition) is 1. The molecular weight excluding hydrogens is 274 g/mol. The number of aliphatic hydroxyl groups is 1. The van der Waals surface area contributed by atoms with Crippen LogP contribution in [0.2, 0.25) is 5.02 Å². The second kappa shape index (κ2) is 5.47. The van der Waals surface area contributed by atoms with Gasteiger partial charge in [-0.2, -0.15) is 0 Å². The van der Waals surface area contributed by atoms with Crippen LogP contribution in [0.15, 0.2) is 18.2 Å². The first-order chi connectivity index (χ1) is 8.52. The average Bonchev–Trinajstić information content (AvgIpc) is 2.50. The lowest BCUT2D eigenvalue weighted by Gasteiger charge is -2.22. The van der Waals surface area contributed by atoms with Crippen LogP contribution in [0, 0.1) is 0 Å². The third-order valence-electron chi connectivity index (χ3n) is 3.13. The summed E-state index contributed by atoms with van der Waals surface area (Å²) in [6.45, 7) is 1.12. The zero-order valence-corrected chi connectivity index (χ0v) is 11.5. The van der Waals surface area contributed by atoms with Crippen molar-refractivity contribution < 1.29 is 13.5 Å². The van der Waals surface area contributed by atoms with E-state index in [1.54, 1.807) is 12.1 Å². The number of benzene rings is 1. The first-order valence-corrected chi connectivity index (χ1v) is 8.06. The molecule has 1 N–H and O–H groups in total. The highest BCUT2D eigenvalue weighted by Crippen LogP contribution is 2.24. The minimum Gasteiger partial charge on any atom is -0.392 e.